The third-order valence-electron chi connectivity index (χ3n) is 3.92. The molecule has 20 heavy (non-hydrogen) atoms. The standard InChI is InChI=1S/C16H19N3O/c1-18-14(12-5-3-2-4-6-12)7-8-15(18)16(20)19-10-9-13(17)11-19/h2-8,13H,9-11,17H2,1H3. The van der Waals surface area contributed by atoms with E-state index in [0.29, 0.717) is 6.54 Å². The van der Waals surface area contributed by atoms with Crippen LogP contribution in [0.2, 0.25) is 0 Å². The van der Waals surface area contributed by atoms with Gasteiger partial charge < -0.3 is 15.2 Å². The van der Waals surface area contributed by atoms with Gasteiger partial charge in [-0.15, -0.1) is 0 Å². The van der Waals surface area contributed by atoms with Crippen LogP contribution in [0.5, 0.6) is 0 Å². The van der Waals surface area contributed by atoms with Gasteiger partial charge >= 0.3 is 0 Å². The second-order valence-electron chi connectivity index (χ2n) is 5.33. The summed E-state index contributed by atoms with van der Waals surface area (Å²) in [5, 5.41) is 0. The normalized spacial score (nSPS) is 18.5. The van der Waals surface area contributed by atoms with E-state index in [4.69, 9.17) is 5.73 Å². The third kappa shape index (κ3) is 2.23. The molecule has 2 heterocycles. The van der Waals surface area contributed by atoms with Crippen molar-refractivity contribution in [3.63, 3.8) is 0 Å². The highest BCUT2D eigenvalue weighted by atomic mass is 16.2. The minimum Gasteiger partial charge on any atom is -0.340 e. The summed E-state index contributed by atoms with van der Waals surface area (Å²) in [5.41, 5.74) is 8.77. The van der Waals surface area contributed by atoms with E-state index in [1.165, 1.54) is 0 Å². The molecular formula is C16H19N3O. The SMILES string of the molecule is Cn1c(C(=O)N2CCC(N)C2)ccc1-c1ccccc1. The van der Waals surface area contributed by atoms with Crippen LogP contribution in [0.4, 0.5) is 0 Å². The fraction of sp³-hybridized carbons (Fsp3) is 0.312. The Labute approximate surface area is 118 Å². The van der Waals surface area contributed by atoms with Crippen molar-refractivity contribution in [1.82, 2.24) is 9.47 Å². The lowest BCUT2D eigenvalue weighted by atomic mass is 10.2. The minimum atomic E-state index is 0.0719. The Morgan fingerprint density at radius 1 is 1.20 bits per heavy atom. The number of likely N-dealkylation sites (tertiary alicyclic amines) is 1. The molecule has 1 aliphatic rings. The van der Waals surface area contributed by atoms with Gasteiger partial charge in [0.2, 0.25) is 0 Å². The van der Waals surface area contributed by atoms with Gasteiger partial charge in [0.1, 0.15) is 5.69 Å². The molecule has 104 valence electrons. The molecule has 0 bridgehead atoms. The van der Waals surface area contributed by atoms with Gasteiger partial charge in [-0.2, -0.15) is 0 Å². The summed E-state index contributed by atoms with van der Waals surface area (Å²) in [6, 6.07) is 14.1. The summed E-state index contributed by atoms with van der Waals surface area (Å²) in [6.45, 7) is 1.41. The van der Waals surface area contributed by atoms with E-state index >= 15 is 0 Å². The smallest absolute Gasteiger partial charge is 0.270 e. The Morgan fingerprint density at radius 3 is 2.60 bits per heavy atom. The molecule has 4 nitrogen and oxygen atoms in total. The van der Waals surface area contributed by atoms with Crippen molar-refractivity contribution in [3.05, 3.63) is 48.2 Å². The van der Waals surface area contributed by atoms with Gasteiger partial charge in [-0.3, -0.25) is 4.79 Å². The van der Waals surface area contributed by atoms with Crippen molar-refractivity contribution >= 4 is 5.91 Å². The molecule has 0 saturated carbocycles. The van der Waals surface area contributed by atoms with Crippen LogP contribution in [-0.2, 0) is 7.05 Å². The summed E-state index contributed by atoms with van der Waals surface area (Å²) in [6.07, 6.45) is 0.891. The minimum absolute atomic E-state index is 0.0719. The van der Waals surface area contributed by atoms with Crippen molar-refractivity contribution in [2.75, 3.05) is 13.1 Å². The fourth-order valence-corrected chi connectivity index (χ4v) is 2.76. The van der Waals surface area contributed by atoms with Gasteiger partial charge in [-0.25, -0.2) is 0 Å². The van der Waals surface area contributed by atoms with Crippen molar-refractivity contribution < 1.29 is 4.79 Å². The largest absolute Gasteiger partial charge is 0.340 e. The van der Waals surface area contributed by atoms with Crippen LogP contribution in [0.3, 0.4) is 0 Å². The second kappa shape index (κ2) is 5.13. The molecule has 1 saturated heterocycles. The van der Waals surface area contributed by atoms with E-state index < -0.39 is 0 Å². The Morgan fingerprint density at radius 2 is 1.95 bits per heavy atom. The van der Waals surface area contributed by atoms with Gasteiger partial charge in [0.05, 0.1) is 0 Å². The first-order chi connectivity index (χ1) is 9.66. The molecule has 1 aromatic heterocycles. The lowest BCUT2D eigenvalue weighted by Gasteiger charge is -2.16. The molecule has 4 heteroatoms. The molecule has 1 aliphatic heterocycles. The molecule has 1 amide bonds. The van der Waals surface area contributed by atoms with Crippen molar-refractivity contribution in [1.29, 1.82) is 0 Å². The van der Waals surface area contributed by atoms with Gasteiger partial charge in [0.25, 0.3) is 5.91 Å². The topological polar surface area (TPSA) is 51.3 Å². The van der Waals surface area contributed by atoms with Crippen molar-refractivity contribution in [3.8, 4) is 11.3 Å². The summed E-state index contributed by atoms with van der Waals surface area (Å²) < 4.78 is 1.96. The molecule has 1 unspecified atom stereocenters. The molecule has 0 radical (unpaired) electrons. The number of hydrogen-bond acceptors (Lipinski definition) is 2. The summed E-state index contributed by atoms with van der Waals surface area (Å²) in [5.74, 6) is 0.0719. The number of rotatable bonds is 2. The summed E-state index contributed by atoms with van der Waals surface area (Å²) in [4.78, 5) is 14.3. The van der Waals surface area contributed by atoms with Crippen molar-refractivity contribution in [2.45, 2.75) is 12.5 Å². The molecular weight excluding hydrogens is 250 g/mol. The van der Waals surface area contributed by atoms with E-state index in [0.717, 1.165) is 29.9 Å². The Balaban J connectivity index is 1.89. The van der Waals surface area contributed by atoms with E-state index in [2.05, 4.69) is 12.1 Å². The van der Waals surface area contributed by atoms with Crippen LogP contribution < -0.4 is 5.73 Å². The predicted octanol–water partition coefficient (Wildman–Crippen LogP) is 1.87. The Bertz CT molecular complexity index is 618. The highest BCUT2D eigenvalue weighted by Crippen LogP contribution is 2.22. The summed E-state index contributed by atoms with van der Waals surface area (Å²) in [7, 11) is 1.94. The quantitative estimate of drug-likeness (QED) is 0.904. The highest BCUT2D eigenvalue weighted by molar-refractivity contribution is 5.94. The number of aromatic nitrogens is 1. The average molecular weight is 269 g/mol. The number of carbonyl (C=O) groups excluding carboxylic acids is 1. The lowest BCUT2D eigenvalue weighted by Crippen LogP contribution is -2.32. The van der Waals surface area contributed by atoms with E-state index in [-0.39, 0.29) is 11.9 Å². The Hall–Kier alpha value is -2.07. The van der Waals surface area contributed by atoms with E-state index in [1.807, 2.05) is 46.8 Å². The van der Waals surface area contributed by atoms with Crippen LogP contribution in [-0.4, -0.2) is 34.5 Å². The average Bonchev–Trinajstić information content (AvgIpc) is 3.05. The first-order valence-electron chi connectivity index (χ1n) is 6.93. The molecule has 2 N–H and O–H groups in total. The molecule has 1 atom stereocenters. The molecule has 2 aromatic rings. The Kier molecular flexibility index (Phi) is 3.32. The zero-order valence-corrected chi connectivity index (χ0v) is 11.6. The number of carbonyl (C=O) groups is 1. The number of amides is 1. The number of nitrogens with zero attached hydrogens (tertiary/aromatic N) is 2. The van der Waals surface area contributed by atoms with Crippen LogP contribution in [0.1, 0.15) is 16.9 Å². The molecule has 0 spiro atoms. The van der Waals surface area contributed by atoms with Gasteiger partial charge in [0.15, 0.2) is 0 Å². The maximum atomic E-state index is 12.5. The zero-order chi connectivity index (χ0) is 14.1. The van der Waals surface area contributed by atoms with Crippen molar-refractivity contribution in [2.24, 2.45) is 12.8 Å². The monoisotopic (exact) mass is 269 g/mol. The maximum Gasteiger partial charge on any atom is 0.270 e. The fourth-order valence-electron chi connectivity index (χ4n) is 2.76. The highest BCUT2D eigenvalue weighted by Gasteiger charge is 2.26. The van der Waals surface area contributed by atoms with Gasteiger partial charge in [-0.05, 0) is 24.1 Å². The van der Waals surface area contributed by atoms with E-state index in [1.54, 1.807) is 0 Å². The zero-order valence-electron chi connectivity index (χ0n) is 11.6. The van der Waals surface area contributed by atoms with Crippen LogP contribution >= 0.6 is 0 Å². The van der Waals surface area contributed by atoms with Crippen LogP contribution in [0, 0.1) is 0 Å². The number of hydrogen-bond donors (Lipinski definition) is 1. The second-order valence-corrected chi connectivity index (χ2v) is 5.33. The molecule has 3 rings (SSSR count). The first kappa shape index (κ1) is 12.9. The summed E-state index contributed by atoms with van der Waals surface area (Å²) >= 11 is 0. The molecule has 1 fully saturated rings. The lowest BCUT2D eigenvalue weighted by molar-refractivity contribution is 0.0781. The molecule has 0 aliphatic carbocycles. The maximum absolute atomic E-state index is 12.5. The first-order valence-corrected chi connectivity index (χ1v) is 6.93. The number of benzene rings is 1. The van der Waals surface area contributed by atoms with Gasteiger partial charge in [-0.1, -0.05) is 30.3 Å². The third-order valence-corrected chi connectivity index (χ3v) is 3.92. The van der Waals surface area contributed by atoms with Crippen LogP contribution in [0.15, 0.2) is 42.5 Å². The van der Waals surface area contributed by atoms with Gasteiger partial charge in [0, 0.05) is 31.9 Å². The van der Waals surface area contributed by atoms with Crippen LogP contribution in [0.25, 0.3) is 11.3 Å². The molecule has 1 aromatic carbocycles. The number of nitrogens with two attached hydrogens (primary N) is 1. The van der Waals surface area contributed by atoms with E-state index in [9.17, 15) is 4.79 Å². The predicted molar refractivity (Wildman–Crippen MR) is 79.3 cm³/mol.